The summed E-state index contributed by atoms with van der Waals surface area (Å²) in [6, 6.07) is 6.39. The van der Waals surface area contributed by atoms with Crippen molar-refractivity contribution in [1.82, 2.24) is 15.1 Å². The van der Waals surface area contributed by atoms with Crippen molar-refractivity contribution in [2.45, 2.75) is 32.6 Å². The second-order valence-corrected chi connectivity index (χ2v) is 7.82. The Bertz CT molecular complexity index is 653. The van der Waals surface area contributed by atoms with Crippen LogP contribution < -0.4 is 5.32 Å². The van der Waals surface area contributed by atoms with Crippen LogP contribution in [0.4, 0.5) is 4.39 Å². The van der Waals surface area contributed by atoms with E-state index in [0.717, 1.165) is 13.1 Å². The molecule has 148 valence electrons. The molecule has 27 heavy (non-hydrogen) atoms. The summed E-state index contributed by atoms with van der Waals surface area (Å²) >= 11 is 0. The van der Waals surface area contributed by atoms with E-state index in [0.29, 0.717) is 50.0 Å². The van der Waals surface area contributed by atoms with Crippen LogP contribution >= 0.6 is 0 Å². The van der Waals surface area contributed by atoms with Gasteiger partial charge in [-0.3, -0.25) is 9.59 Å². The zero-order valence-electron chi connectivity index (χ0n) is 16.1. The van der Waals surface area contributed by atoms with E-state index in [-0.39, 0.29) is 24.1 Å². The van der Waals surface area contributed by atoms with Crippen LogP contribution in [0, 0.1) is 17.7 Å². The lowest BCUT2D eigenvalue weighted by atomic mass is 9.85. The number of piperazine rings is 1. The first-order chi connectivity index (χ1) is 13.0. The molecule has 0 saturated carbocycles. The van der Waals surface area contributed by atoms with Gasteiger partial charge in [-0.05, 0) is 49.4 Å². The zero-order chi connectivity index (χ0) is 19.2. The standard InChI is InChI=1S/C21H30FN3O2/c1-16(18-6-4-8-23-15-18)13-20(26)24-9-11-25(12-10-24)21(27)14-17-5-2-3-7-19(17)22/h2-3,5,7,16,18,23H,4,6,8-15H2,1H3. The predicted molar refractivity (Wildman–Crippen MR) is 103 cm³/mol. The van der Waals surface area contributed by atoms with Gasteiger partial charge >= 0.3 is 0 Å². The second-order valence-electron chi connectivity index (χ2n) is 7.82. The number of amides is 2. The molecule has 2 amide bonds. The van der Waals surface area contributed by atoms with Gasteiger partial charge in [0, 0.05) is 32.6 Å². The molecule has 1 aromatic carbocycles. The number of carbonyl (C=O) groups excluding carboxylic acids is 2. The highest BCUT2D eigenvalue weighted by Gasteiger charge is 2.27. The smallest absolute Gasteiger partial charge is 0.227 e. The third-order valence-electron chi connectivity index (χ3n) is 5.92. The van der Waals surface area contributed by atoms with Crippen LogP contribution in [0.15, 0.2) is 24.3 Å². The maximum absolute atomic E-state index is 13.7. The van der Waals surface area contributed by atoms with Crippen LogP contribution in [0.2, 0.25) is 0 Å². The summed E-state index contributed by atoms with van der Waals surface area (Å²) < 4.78 is 13.7. The van der Waals surface area contributed by atoms with Crippen molar-refractivity contribution in [3.05, 3.63) is 35.6 Å². The molecule has 2 aliphatic heterocycles. The fourth-order valence-corrected chi connectivity index (χ4v) is 4.06. The van der Waals surface area contributed by atoms with E-state index in [2.05, 4.69) is 12.2 Å². The minimum atomic E-state index is -0.342. The third-order valence-corrected chi connectivity index (χ3v) is 5.92. The molecule has 0 bridgehead atoms. The van der Waals surface area contributed by atoms with Crippen molar-refractivity contribution in [2.24, 2.45) is 11.8 Å². The second kappa shape index (κ2) is 9.31. The summed E-state index contributed by atoms with van der Waals surface area (Å²) in [4.78, 5) is 28.7. The number of halogens is 1. The van der Waals surface area contributed by atoms with Crippen molar-refractivity contribution in [3.63, 3.8) is 0 Å². The minimum absolute atomic E-state index is 0.0751. The van der Waals surface area contributed by atoms with E-state index < -0.39 is 0 Å². The van der Waals surface area contributed by atoms with Crippen molar-refractivity contribution in [1.29, 1.82) is 0 Å². The van der Waals surface area contributed by atoms with Crippen molar-refractivity contribution in [3.8, 4) is 0 Å². The Labute approximate surface area is 160 Å². The highest BCUT2D eigenvalue weighted by molar-refractivity contribution is 5.80. The highest BCUT2D eigenvalue weighted by atomic mass is 19.1. The van der Waals surface area contributed by atoms with Gasteiger partial charge < -0.3 is 15.1 Å². The number of carbonyl (C=O) groups is 2. The van der Waals surface area contributed by atoms with Gasteiger partial charge in [-0.1, -0.05) is 25.1 Å². The first-order valence-electron chi connectivity index (χ1n) is 10.0. The van der Waals surface area contributed by atoms with Crippen LogP contribution in [-0.2, 0) is 16.0 Å². The fourth-order valence-electron chi connectivity index (χ4n) is 4.06. The molecule has 2 unspecified atom stereocenters. The van der Waals surface area contributed by atoms with Gasteiger partial charge in [0.1, 0.15) is 5.82 Å². The summed E-state index contributed by atoms with van der Waals surface area (Å²) in [5, 5.41) is 3.41. The molecule has 6 heteroatoms. The van der Waals surface area contributed by atoms with Crippen molar-refractivity contribution >= 4 is 11.8 Å². The Morgan fingerprint density at radius 1 is 1.15 bits per heavy atom. The largest absolute Gasteiger partial charge is 0.339 e. The van der Waals surface area contributed by atoms with Crippen molar-refractivity contribution < 1.29 is 14.0 Å². The van der Waals surface area contributed by atoms with Gasteiger partial charge in [-0.25, -0.2) is 4.39 Å². The average Bonchev–Trinajstić information content (AvgIpc) is 2.70. The van der Waals surface area contributed by atoms with E-state index >= 15 is 0 Å². The van der Waals surface area contributed by atoms with Gasteiger partial charge in [0.25, 0.3) is 0 Å². The Balaban J connectivity index is 1.44. The summed E-state index contributed by atoms with van der Waals surface area (Å²) in [5.74, 6) is 0.728. The monoisotopic (exact) mass is 375 g/mol. The number of benzene rings is 1. The van der Waals surface area contributed by atoms with E-state index in [1.807, 2.05) is 4.90 Å². The number of hydrogen-bond donors (Lipinski definition) is 1. The summed E-state index contributed by atoms with van der Waals surface area (Å²) in [6.07, 6.45) is 3.04. The molecule has 2 heterocycles. The number of piperidine rings is 1. The summed E-state index contributed by atoms with van der Waals surface area (Å²) in [7, 11) is 0. The molecular weight excluding hydrogens is 345 g/mol. The van der Waals surface area contributed by atoms with Gasteiger partial charge in [-0.2, -0.15) is 0 Å². The quantitative estimate of drug-likeness (QED) is 0.857. The molecule has 3 rings (SSSR count). The number of rotatable bonds is 5. The lowest BCUT2D eigenvalue weighted by molar-refractivity contribution is -0.140. The van der Waals surface area contributed by atoms with Gasteiger partial charge in [0.2, 0.25) is 11.8 Å². The van der Waals surface area contributed by atoms with Crippen LogP contribution in [0.5, 0.6) is 0 Å². The van der Waals surface area contributed by atoms with Crippen LogP contribution in [0.25, 0.3) is 0 Å². The van der Waals surface area contributed by atoms with Gasteiger partial charge in [0.05, 0.1) is 6.42 Å². The van der Waals surface area contributed by atoms with E-state index in [4.69, 9.17) is 0 Å². The molecule has 1 aromatic rings. The maximum atomic E-state index is 13.7. The van der Waals surface area contributed by atoms with E-state index in [1.54, 1.807) is 23.1 Å². The lowest BCUT2D eigenvalue weighted by Gasteiger charge is -2.36. The highest BCUT2D eigenvalue weighted by Crippen LogP contribution is 2.23. The Morgan fingerprint density at radius 2 is 1.81 bits per heavy atom. The number of hydrogen-bond acceptors (Lipinski definition) is 3. The van der Waals surface area contributed by atoms with E-state index in [1.165, 1.54) is 18.9 Å². The fraction of sp³-hybridized carbons (Fsp3) is 0.619. The summed E-state index contributed by atoms with van der Waals surface area (Å²) in [5.41, 5.74) is 0.427. The van der Waals surface area contributed by atoms with E-state index in [9.17, 15) is 14.0 Å². The zero-order valence-corrected chi connectivity index (χ0v) is 16.1. The molecule has 0 aliphatic carbocycles. The molecule has 0 aromatic heterocycles. The molecule has 1 N–H and O–H groups in total. The van der Waals surface area contributed by atoms with Gasteiger partial charge in [-0.15, -0.1) is 0 Å². The first kappa shape index (κ1) is 19.8. The Kier molecular flexibility index (Phi) is 6.83. The normalized spacial score (nSPS) is 21.8. The number of nitrogens with zero attached hydrogens (tertiary/aromatic N) is 2. The number of nitrogens with one attached hydrogen (secondary N) is 1. The van der Waals surface area contributed by atoms with Crippen LogP contribution in [0.3, 0.4) is 0 Å². The Hall–Kier alpha value is -1.95. The first-order valence-corrected chi connectivity index (χ1v) is 10.0. The lowest BCUT2D eigenvalue weighted by Crippen LogP contribution is -2.51. The molecule has 0 radical (unpaired) electrons. The minimum Gasteiger partial charge on any atom is -0.339 e. The van der Waals surface area contributed by atoms with Crippen LogP contribution in [0.1, 0.15) is 31.7 Å². The SMILES string of the molecule is CC(CC(=O)N1CCN(C(=O)Cc2ccccc2F)CC1)C1CCCNC1. The summed E-state index contributed by atoms with van der Waals surface area (Å²) in [6.45, 7) is 6.45. The molecule has 2 atom stereocenters. The molecule has 2 saturated heterocycles. The molecule has 2 fully saturated rings. The molecule has 0 spiro atoms. The Morgan fingerprint density at radius 3 is 2.44 bits per heavy atom. The molecular formula is C21H30FN3O2. The maximum Gasteiger partial charge on any atom is 0.227 e. The average molecular weight is 375 g/mol. The van der Waals surface area contributed by atoms with Gasteiger partial charge in [0.15, 0.2) is 0 Å². The topological polar surface area (TPSA) is 52.7 Å². The molecule has 5 nitrogen and oxygen atoms in total. The predicted octanol–water partition coefficient (Wildman–Crippen LogP) is 2.06. The van der Waals surface area contributed by atoms with Crippen molar-refractivity contribution in [2.75, 3.05) is 39.3 Å². The molecule has 2 aliphatic rings. The van der Waals surface area contributed by atoms with Crippen LogP contribution in [-0.4, -0.2) is 60.9 Å². The third kappa shape index (κ3) is 5.28.